The van der Waals surface area contributed by atoms with Gasteiger partial charge in [-0.25, -0.2) is 4.39 Å². The quantitative estimate of drug-likeness (QED) is 0.352. The fourth-order valence-corrected chi connectivity index (χ4v) is 5.64. The highest BCUT2D eigenvalue weighted by molar-refractivity contribution is 6.50. The van der Waals surface area contributed by atoms with Crippen molar-refractivity contribution in [2.45, 2.75) is 25.3 Å². The van der Waals surface area contributed by atoms with E-state index in [0.29, 0.717) is 50.4 Å². The molecule has 0 bridgehead atoms. The second-order valence-electron chi connectivity index (χ2n) is 9.51. The number of carbonyl (C=O) groups excluding carboxylic acids is 3. The van der Waals surface area contributed by atoms with Crippen LogP contribution in [0.25, 0.3) is 5.76 Å². The smallest absolute Gasteiger partial charge is 0.296 e. The maximum Gasteiger partial charge on any atom is 0.296 e. The van der Waals surface area contributed by atoms with Crippen LogP contribution >= 0.6 is 0 Å². The highest BCUT2D eigenvalue weighted by Gasteiger charge is 2.66. The van der Waals surface area contributed by atoms with E-state index in [1.165, 1.54) is 17.0 Å². The number of hydrogen-bond donors (Lipinski definition) is 1. The summed E-state index contributed by atoms with van der Waals surface area (Å²) in [5.74, 6) is -3.19. The molecule has 1 spiro atoms. The molecule has 194 valence electrons. The van der Waals surface area contributed by atoms with Crippen LogP contribution in [0, 0.1) is 5.82 Å². The van der Waals surface area contributed by atoms with Crippen LogP contribution < -0.4 is 4.90 Å². The summed E-state index contributed by atoms with van der Waals surface area (Å²) in [6.45, 7) is 6.01. The summed E-state index contributed by atoms with van der Waals surface area (Å²) >= 11 is 0. The number of fused-ring (bicyclic) bond motifs is 2. The molecule has 2 fully saturated rings. The molecule has 2 aromatic carbocycles. The van der Waals surface area contributed by atoms with Crippen molar-refractivity contribution in [2.24, 2.45) is 0 Å². The van der Waals surface area contributed by atoms with Crippen molar-refractivity contribution in [3.05, 3.63) is 71.0 Å². The van der Waals surface area contributed by atoms with Gasteiger partial charge in [0.1, 0.15) is 11.6 Å². The zero-order chi connectivity index (χ0) is 26.2. The summed E-state index contributed by atoms with van der Waals surface area (Å²) in [6.07, 6.45) is 1.20. The topological polar surface area (TPSA) is 90.4 Å². The van der Waals surface area contributed by atoms with Crippen LogP contribution in [-0.4, -0.2) is 78.4 Å². The zero-order valence-corrected chi connectivity index (χ0v) is 20.8. The van der Waals surface area contributed by atoms with Crippen molar-refractivity contribution in [1.82, 2.24) is 9.80 Å². The minimum atomic E-state index is -1.79. The molecule has 1 N–H and O–H groups in total. The third-order valence-electron chi connectivity index (χ3n) is 7.33. The van der Waals surface area contributed by atoms with Crippen molar-refractivity contribution >= 4 is 29.0 Å². The lowest BCUT2D eigenvalue weighted by Gasteiger charge is -2.35. The number of aliphatic hydroxyl groups excluding tert-OH is 1. The van der Waals surface area contributed by atoms with Gasteiger partial charge in [-0.1, -0.05) is 25.1 Å². The first-order chi connectivity index (χ1) is 17.9. The Morgan fingerprint density at radius 3 is 2.41 bits per heavy atom. The largest absolute Gasteiger partial charge is 0.507 e. The third kappa shape index (κ3) is 4.02. The van der Waals surface area contributed by atoms with Crippen LogP contribution in [-0.2, 0) is 24.7 Å². The molecule has 8 nitrogen and oxygen atoms in total. The number of amides is 2. The zero-order valence-electron chi connectivity index (χ0n) is 20.8. The number of ketones is 1. The van der Waals surface area contributed by atoms with Gasteiger partial charge in [0.2, 0.25) is 0 Å². The standard InChI is InChI=1S/C28H30FN3O5/c1-2-12-31-22-7-4-3-6-21(22)28(27(31)36)23(24(33)19-8-10-20(29)11-9-19)25(34)26(35)32(28)14-5-13-30-15-17-37-18-16-30/h3-4,6-11,33H,2,5,12-18H2,1H3/b24-23-. The molecule has 2 saturated heterocycles. The summed E-state index contributed by atoms with van der Waals surface area (Å²) in [4.78, 5) is 46.5. The van der Waals surface area contributed by atoms with E-state index >= 15 is 0 Å². The molecular weight excluding hydrogens is 477 g/mol. The average Bonchev–Trinajstić information content (AvgIpc) is 3.28. The average molecular weight is 508 g/mol. The summed E-state index contributed by atoms with van der Waals surface area (Å²) in [5.41, 5.74) is -0.802. The van der Waals surface area contributed by atoms with Crippen LogP contribution in [0.5, 0.6) is 0 Å². The minimum Gasteiger partial charge on any atom is -0.507 e. The second kappa shape index (κ2) is 10.1. The number of carbonyl (C=O) groups is 3. The Bertz CT molecular complexity index is 1250. The van der Waals surface area contributed by atoms with E-state index in [4.69, 9.17) is 4.74 Å². The van der Waals surface area contributed by atoms with Crippen LogP contribution in [0.1, 0.15) is 30.9 Å². The van der Waals surface area contributed by atoms with Gasteiger partial charge in [0.15, 0.2) is 5.54 Å². The first-order valence-electron chi connectivity index (χ1n) is 12.7. The maximum absolute atomic E-state index is 14.3. The van der Waals surface area contributed by atoms with E-state index in [1.807, 2.05) is 6.92 Å². The van der Waals surface area contributed by atoms with E-state index in [0.717, 1.165) is 25.2 Å². The van der Waals surface area contributed by atoms with Crippen molar-refractivity contribution < 1.29 is 28.6 Å². The first kappa shape index (κ1) is 25.1. The lowest BCUT2D eigenvalue weighted by molar-refractivity contribution is -0.143. The molecule has 1 atom stereocenters. The van der Waals surface area contributed by atoms with E-state index in [1.54, 1.807) is 29.2 Å². The van der Waals surface area contributed by atoms with Gasteiger partial charge in [-0.2, -0.15) is 0 Å². The van der Waals surface area contributed by atoms with Crippen molar-refractivity contribution in [1.29, 1.82) is 0 Å². The molecule has 0 radical (unpaired) electrons. The minimum absolute atomic E-state index is 0.155. The number of nitrogens with zero attached hydrogens (tertiary/aromatic N) is 3. The fourth-order valence-electron chi connectivity index (χ4n) is 5.64. The summed E-state index contributed by atoms with van der Waals surface area (Å²) < 4.78 is 19.0. The first-order valence-corrected chi connectivity index (χ1v) is 12.7. The van der Waals surface area contributed by atoms with Crippen molar-refractivity contribution in [3.63, 3.8) is 0 Å². The van der Waals surface area contributed by atoms with Gasteiger partial charge in [0.25, 0.3) is 17.6 Å². The highest BCUT2D eigenvalue weighted by atomic mass is 19.1. The number of ether oxygens (including phenoxy) is 1. The SMILES string of the molecule is CCCN1C(=O)C2(/C(=C(\O)c3ccc(F)cc3)C(=O)C(=O)N2CCCN2CCOCC2)c2ccccc21. The van der Waals surface area contributed by atoms with Crippen molar-refractivity contribution in [3.8, 4) is 0 Å². The molecule has 9 heteroatoms. The lowest BCUT2D eigenvalue weighted by atomic mass is 9.82. The van der Waals surface area contributed by atoms with Gasteiger partial charge in [-0.3, -0.25) is 19.3 Å². The van der Waals surface area contributed by atoms with E-state index in [-0.39, 0.29) is 17.7 Å². The number of morpholine rings is 1. The number of para-hydroxylation sites is 1. The maximum atomic E-state index is 14.3. The molecule has 37 heavy (non-hydrogen) atoms. The molecular formula is C28H30FN3O5. The number of hydrogen-bond acceptors (Lipinski definition) is 6. The molecule has 0 aromatic heterocycles. The summed E-state index contributed by atoms with van der Waals surface area (Å²) in [5, 5.41) is 11.4. The Labute approximate surface area is 214 Å². The van der Waals surface area contributed by atoms with E-state index < -0.39 is 34.7 Å². The molecule has 3 aliphatic rings. The highest BCUT2D eigenvalue weighted by Crippen LogP contribution is 2.53. The molecule has 5 rings (SSSR count). The third-order valence-corrected chi connectivity index (χ3v) is 7.33. The number of anilines is 1. The monoisotopic (exact) mass is 507 g/mol. The number of benzene rings is 2. The summed E-state index contributed by atoms with van der Waals surface area (Å²) in [7, 11) is 0. The van der Waals surface area contributed by atoms with Gasteiger partial charge in [0.05, 0.1) is 24.5 Å². The van der Waals surface area contributed by atoms with Gasteiger partial charge < -0.3 is 19.6 Å². The molecule has 0 aliphatic carbocycles. The molecule has 3 heterocycles. The number of rotatable bonds is 7. The van der Waals surface area contributed by atoms with E-state index in [9.17, 15) is 23.9 Å². The Morgan fingerprint density at radius 1 is 1.00 bits per heavy atom. The number of likely N-dealkylation sites (tertiary alicyclic amines) is 1. The Balaban J connectivity index is 1.64. The Hall–Kier alpha value is -3.56. The molecule has 3 aliphatic heterocycles. The van der Waals surface area contributed by atoms with Crippen LogP contribution in [0.2, 0.25) is 0 Å². The second-order valence-corrected chi connectivity index (χ2v) is 9.51. The van der Waals surface area contributed by atoms with Crippen LogP contribution in [0.15, 0.2) is 54.1 Å². The Kier molecular flexibility index (Phi) is 6.83. The van der Waals surface area contributed by atoms with Crippen LogP contribution in [0.3, 0.4) is 0 Å². The predicted molar refractivity (Wildman–Crippen MR) is 135 cm³/mol. The van der Waals surface area contributed by atoms with Gasteiger partial charge in [0, 0.05) is 43.9 Å². The van der Waals surface area contributed by atoms with Gasteiger partial charge in [-0.05, 0) is 43.2 Å². The normalized spacial score (nSPS) is 23.4. The van der Waals surface area contributed by atoms with Crippen molar-refractivity contribution in [2.75, 3.05) is 50.8 Å². The number of halogens is 1. The fraction of sp³-hybridized carbons (Fsp3) is 0.393. The molecule has 2 aromatic rings. The molecule has 1 unspecified atom stereocenters. The number of Topliss-reactive ketones (excluding diaryl/α,β-unsaturated/α-hetero) is 1. The predicted octanol–water partition coefficient (Wildman–Crippen LogP) is 2.88. The Morgan fingerprint density at radius 2 is 1.70 bits per heavy atom. The van der Waals surface area contributed by atoms with Gasteiger partial charge >= 0.3 is 0 Å². The van der Waals surface area contributed by atoms with E-state index in [2.05, 4.69) is 4.90 Å². The van der Waals surface area contributed by atoms with Gasteiger partial charge in [-0.15, -0.1) is 0 Å². The molecule has 0 saturated carbocycles. The number of aliphatic hydroxyl groups is 1. The lowest BCUT2D eigenvalue weighted by Crippen LogP contribution is -2.52. The summed E-state index contributed by atoms with van der Waals surface area (Å²) in [6, 6.07) is 12.1. The molecule has 2 amide bonds. The van der Waals surface area contributed by atoms with Crippen LogP contribution in [0.4, 0.5) is 10.1 Å².